The number of thiocarbonyl (C=S) groups is 1. The van der Waals surface area contributed by atoms with Crippen molar-refractivity contribution >= 4 is 22.9 Å². The molecule has 1 aromatic rings. The Labute approximate surface area is 83.3 Å². The van der Waals surface area contributed by atoms with Crippen LogP contribution in [0.5, 0.6) is 0 Å². The maximum absolute atomic E-state index is 5.52. The van der Waals surface area contributed by atoms with Gasteiger partial charge in [0.25, 0.3) is 0 Å². The Morgan fingerprint density at radius 1 is 1.46 bits per heavy atom. The minimum Gasteiger partial charge on any atom is -0.392 e. The van der Waals surface area contributed by atoms with Gasteiger partial charge in [0, 0.05) is 12.2 Å². The van der Waals surface area contributed by atoms with Gasteiger partial charge >= 0.3 is 0 Å². The molecule has 0 radical (unpaired) electrons. The maximum atomic E-state index is 5.52. The largest absolute Gasteiger partial charge is 0.392 e. The number of hydrogen-bond acceptors (Lipinski definition) is 2. The molecule has 0 bridgehead atoms. The van der Waals surface area contributed by atoms with Crippen LogP contribution in [0.1, 0.15) is 5.56 Å². The molecular weight excluding hydrogens is 180 g/mol. The van der Waals surface area contributed by atoms with E-state index in [1.165, 1.54) is 11.3 Å². The molecule has 2 rings (SSSR count). The van der Waals surface area contributed by atoms with Crippen LogP contribution in [0.4, 0.5) is 5.69 Å². The van der Waals surface area contributed by atoms with Gasteiger partial charge < -0.3 is 10.6 Å². The lowest BCUT2D eigenvalue weighted by Crippen LogP contribution is -2.31. The van der Waals surface area contributed by atoms with Gasteiger partial charge in [-0.15, -0.1) is 0 Å². The van der Waals surface area contributed by atoms with E-state index in [2.05, 4.69) is 29.2 Å². The highest BCUT2D eigenvalue weighted by Crippen LogP contribution is 2.26. The van der Waals surface area contributed by atoms with E-state index in [1.54, 1.807) is 0 Å². The monoisotopic (exact) mass is 192 g/mol. The van der Waals surface area contributed by atoms with Crippen LogP contribution in [0.2, 0.25) is 0 Å². The minimum atomic E-state index is 0.566. The lowest BCUT2D eigenvalue weighted by atomic mass is 10.2. The molecule has 1 aliphatic rings. The zero-order chi connectivity index (χ0) is 9.26. The average molecular weight is 192 g/mol. The number of benzene rings is 1. The Balaban J connectivity index is 2.23. The molecule has 13 heavy (non-hydrogen) atoms. The van der Waals surface area contributed by atoms with Gasteiger partial charge in [-0.1, -0.05) is 30.4 Å². The SMILES string of the molecule is NC(=S)CN1CCc2ccccc21. The molecule has 1 aliphatic heterocycles. The van der Waals surface area contributed by atoms with Crippen LogP contribution in [-0.2, 0) is 6.42 Å². The van der Waals surface area contributed by atoms with Crippen molar-refractivity contribution in [2.24, 2.45) is 5.73 Å². The van der Waals surface area contributed by atoms with E-state index in [0.717, 1.165) is 13.0 Å². The molecule has 68 valence electrons. The fraction of sp³-hybridized carbons (Fsp3) is 0.300. The molecular formula is C10H12N2S. The molecule has 1 aromatic carbocycles. The highest BCUT2D eigenvalue weighted by atomic mass is 32.1. The summed E-state index contributed by atoms with van der Waals surface area (Å²) in [6.45, 7) is 1.74. The van der Waals surface area contributed by atoms with Crippen LogP contribution in [0, 0.1) is 0 Å². The zero-order valence-electron chi connectivity index (χ0n) is 7.36. The first-order valence-corrected chi connectivity index (χ1v) is 4.79. The zero-order valence-corrected chi connectivity index (χ0v) is 8.18. The van der Waals surface area contributed by atoms with E-state index in [4.69, 9.17) is 18.0 Å². The highest BCUT2D eigenvalue weighted by Gasteiger charge is 2.17. The number of nitrogens with zero attached hydrogens (tertiary/aromatic N) is 1. The summed E-state index contributed by atoms with van der Waals surface area (Å²) in [5.74, 6) is 0. The van der Waals surface area contributed by atoms with E-state index < -0.39 is 0 Å². The number of hydrogen-bond donors (Lipinski definition) is 1. The standard InChI is InChI=1S/C10H12N2S/c11-10(13)7-12-6-5-8-3-1-2-4-9(8)12/h1-4H,5-7H2,(H2,11,13). The average Bonchev–Trinajstić information content (AvgIpc) is 2.48. The second-order valence-electron chi connectivity index (χ2n) is 3.27. The molecule has 1 heterocycles. The number of nitrogens with two attached hydrogens (primary N) is 1. The van der Waals surface area contributed by atoms with E-state index >= 15 is 0 Å². The van der Waals surface area contributed by atoms with Crippen molar-refractivity contribution in [3.63, 3.8) is 0 Å². The van der Waals surface area contributed by atoms with Gasteiger partial charge in [0.15, 0.2) is 0 Å². The molecule has 0 fully saturated rings. The number of anilines is 1. The molecule has 2 N–H and O–H groups in total. The third kappa shape index (κ3) is 1.65. The van der Waals surface area contributed by atoms with Crippen LogP contribution in [-0.4, -0.2) is 18.1 Å². The van der Waals surface area contributed by atoms with E-state index in [9.17, 15) is 0 Å². The maximum Gasteiger partial charge on any atom is 0.0923 e. The van der Waals surface area contributed by atoms with Crippen molar-refractivity contribution in [3.05, 3.63) is 29.8 Å². The Morgan fingerprint density at radius 3 is 3.00 bits per heavy atom. The molecule has 3 heteroatoms. The van der Waals surface area contributed by atoms with Crippen molar-refractivity contribution in [1.29, 1.82) is 0 Å². The summed E-state index contributed by atoms with van der Waals surface area (Å²) in [6.07, 6.45) is 1.11. The Kier molecular flexibility index (Phi) is 2.19. The fourth-order valence-corrected chi connectivity index (χ4v) is 1.91. The van der Waals surface area contributed by atoms with Gasteiger partial charge in [0.05, 0.1) is 11.5 Å². The van der Waals surface area contributed by atoms with Crippen LogP contribution in [0.25, 0.3) is 0 Å². The molecule has 0 spiro atoms. The fourth-order valence-electron chi connectivity index (χ4n) is 1.76. The van der Waals surface area contributed by atoms with Gasteiger partial charge in [-0.2, -0.15) is 0 Å². The first kappa shape index (κ1) is 8.51. The summed E-state index contributed by atoms with van der Waals surface area (Å²) in [7, 11) is 0. The van der Waals surface area contributed by atoms with Crippen LogP contribution >= 0.6 is 12.2 Å². The summed E-state index contributed by atoms with van der Waals surface area (Å²) in [5.41, 5.74) is 8.21. The summed E-state index contributed by atoms with van der Waals surface area (Å²) in [5, 5.41) is 0. The molecule has 0 unspecified atom stereocenters. The smallest absolute Gasteiger partial charge is 0.0923 e. The first-order valence-electron chi connectivity index (χ1n) is 4.38. The van der Waals surface area contributed by atoms with Crippen molar-refractivity contribution in [1.82, 2.24) is 0 Å². The van der Waals surface area contributed by atoms with Gasteiger partial charge in [-0.05, 0) is 18.1 Å². The van der Waals surface area contributed by atoms with Crippen LogP contribution in [0.3, 0.4) is 0 Å². The minimum absolute atomic E-state index is 0.566. The summed E-state index contributed by atoms with van der Waals surface area (Å²) < 4.78 is 0. The predicted octanol–water partition coefficient (Wildman–Crippen LogP) is 1.34. The van der Waals surface area contributed by atoms with Crippen LogP contribution in [0.15, 0.2) is 24.3 Å². The second kappa shape index (κ2) is 3.34. The van der Waals surface area contributed by atoms with E-state index in [-0.39, 0.29) is 0 Å². The van der Waals surface area contributed by atoms with Crippen molar-refractivity contribution in [2.75, 3.05) is 18.0 Å². The predicted molar refractivity (Wildman–Crippen MR) is 59.1 cm³/mol. The highest BCUT2D eigenvalue weighted by molar-refractivity contribution is 7.80. The Bertz CT molecular complexity index is 335. The number of fused-ring (bicyclic) bond motifs is 1. The summed E-state index contributed by atoms with van der Waals surface area (Å²) in [6, 6.07) is 8.41. The van der Waals surface area contributed by atoms with Crippen LogP contribution < -0.4 is 10.6 Å². The van der Waals surface area contributed by atoms with E-state index in [1.807, 2.05) is 0 Å². The van der Waals surface area contributed by atoms with Crippen molar-refractivity contribution < 1.29 is 0 Å². The summed E-state index contributed by atoms with van der Waals surface area (Å²) >= 11 is 4.90. The molecule has 0 aromatic heterocycles. The molecule has 0 saturated heterocycles. The Morgan fingerprint density at radius 2 is 2.23 bits per heavy atom. The molecule has 2 nitrogen and oxygen atoms in total. The molecule has 0 amide bonds. The third-order valence-corrected chi connectivity index (χ3v) is 2.46. The Hall–Kier alpha value is -1.09. The normalized spacial score (nSPS) is 14.3. The third-order valence-electron chi connectivity index (χ3n) is 2.33. The topological polar surface area (TPSA) is 29.3 Å². The lowest BCUT2D eigenvalue weighted by Gasteiger charge is -2.17. The molecule has 0 atom stereocenters. The van der Waals surface area contributed by atoms with Gasteiger partial charge in [-0.25, -0.2) is 0 Å². The molecule has 0 saturated carbocycles. The number of para-hydroxylation sites is 1. The first-order chi connectivity index (χ1) is 6.27. The second-order valence-corrected chi connectivity index (χ2v) is 3.79. The summed E-state index contributed by atoms with van der Waals surface area (Å²) in [4.78, 5) is 2.80. The van der Waals surface area contributed by atoms with Gasteiger partial charge in [0.1, 0.15) is 0 Å². The van der Waals surface area contributed by atoms with E-state index in [0.29, 0.717) is 11.5 Å². The van der Waals surface area contributed by atoms with Crippen molar-refractivity contribution in [2.45, 2.75) is 6.42 Å². The lowest BCUT2D eigenvalue weighted by molar-refractivity contribution is 0.921. The molecule has 0 aliphatic carbocycles. The number of rotatable bonds is 2. The van der Waals surface area contributed by atoms with Gasteiger partial charge in [-0.3, -0.25) is 0 Å². The van der Waals surface area contributed by atoms with Gasteiger partial charge in [0.2, 0.25) is 0 Å². The van der Waals surface area contributed by atoms with Crippen molar-refractivity contribution in [3.8, 4) is 0 Å². The quantitative estimate of drug-likeness (QED) is 0.717.